The van der Waals surface area contributed by atoms with Gasteiger partial charge in [-0.2, -0.15) is 0 Å². The van der Waals surface area contributed by atoms with Crippen molar-refractivity contribution >= 4 is 23.2 Å². The minimum Gasteiger partial charge on any atom is -0.325 e. The number of carbonyl (C=O) groups is 2. The second-order valence-electron chi connectivity index (χ2n) is 8.63. The number of para-hydroxylation sites is 2. The number of nitrogens with zero attached hydrogens (tertiary/aromatic N) is 1. The van der Waals surface area contributed by atoms with Gasteiger partial charge in [0.15, 0.2) is 0 Å². The number of benzene rings is 2. The summed E-state index contributed by atoms with van der Waals surface area (Å²) in [5, 5.41) is 3.06. The fourth-order valence-corrected chi connectivity index (χ4v) is 4.17. The third kappa shape index (κ3) is 4.52. The van der Waals surface area contributed by atoms with Gasteiger partial charge in [0.25, 0.3) is 0 Å². The second-order valence-corrected chi connectivity index (χ2v) is 8.63. The number of carbonyl (C=O) groups excluding carboxylic acids is 2. The molecule has 0 aliphatic carbocycles. The Morgan fingerprint density at radius 3 is 2.24 bits per heavy atom. The number of aryl methyl sites for hydroxylation is 1. The summed E-state index contributed by atoms with van der Waals surface area (Å²) in [6, 6.07) is 14.2. The SMILES string of the molecule is CC(C)c1cccc(C(C)C)c1NC(=O)CC(=O)N1c2ccccc2CCC1C. The maximum absolute atomic E-state index is 13.1. The van der Waals surface area contributed by atoms with Crippen LogP contribution in [0.1, 0.15) is 76.0 Å². The maximum atomic E-state index is 13.1. The Labute approximate surface area is 174 Å². The van der Waals surface area contributed by atoms with Crippen LogP contribution in [0.5, 0.6) is 0 Å². The van der Waals surface area contributed by atoms with Crippen molar-refractivity contribution in [1.29, 1.82) is 0 Å². The highest BCUT2D eigenvalue weighted by atomic mass is 16.2. The second kappa shape index (κ2) is 8.81. The van der Waals surface area contributed by atoms with Crippen molar-refractivity contribution in [3.05, 3.63) is 59.2 Å². The summed E-state index contributed by atoms with van der Waals surface area (Å²) in [4.78, 5) is 27.8. The molecule has 1 atom stereocenters. The molecule has 1 unspecified atom stereocenters. The first kappa shape index (κ1) is 21.1. The van der Waals surface area contributed by atoms with Crippen LogP contribution in [0.3, 0.4) is 0 Å². The molecule has 0 bridgehead atoms. The van der Waals surface area contributed by atoms with Gasteiger partial charge in [-0.3, -0.25) is 9.59 Å². The zero-order valence-electron chi connectivity index (χ0n) is 18.2. The largest absolute Gasteiger partial charge is 0.325 e. The predicted octanol–water partition coefficient (Wildman–Crippen LogP) is 5.63. The van der Waals surface area contributed by atoms with E-state index in [1.165, 1.54) is 5.56 Å². The molecule has 0 radical (unpaired) electrons. The van der Waals surface area contributed by atoms with Crippen molar-refractivity contribution in [1.82, 2.24) is 0 Å². The Balaban J connectivity index is 1.81. The molecule has 1 N–H and O–H groups in total. The number of rotatable bonds is 5. The van der Waals surface area contributed by atoms with Crippen LogP contribution in [0.15, 0.2) is 42.5 Å². The number of hydrogen-bond donors (Lipinski definition) is 1. The van der Waals surface area contributed by atoms with Gasteiger partial charge in [0.05, 0.1) is 0 Å². The first-order valence-corrected chi connectivity index (χ1v) is 10.6. The van der Waals surface area contributed by atoms with Crippen LogP contribution in [0.25, 0.3) is 0 Å². The quantitative estimate of drug-likeness (QED) is 0.670. The van der Waals surface area contributed by atoms with E-state index >= 15 is 0 Å². The van der Waals surface area contributed by atoms with Crippen molar-refractivity contribution < 1.29 is 9.59 Å². The molecule has 2 aromatic rings. The maximum Gasteiger partial charge on any atom is 0.236 e. The average Bonchev–Trinajstić information content (AvgIpc) is 2.67. The summed E-state index contributed by atoms with van der Waals surface area (Å²) >= 11 is 0. The molecule has 2 amide bonds. The van der Waals surface area contributed by atoms with Gasteiger partial charge in [-0.15, -0.1) is 0 Å². The van der Waals surface area contributed by atoms with Crippen LogP contribution in [0.2, 0.25) is 0 Å². The molecule has 1 aliphatic heterocycles. The predicted molar refractivity (Wildman–Crippen MR) is 120 cm³/mol. The molecule has 29 heavy (non-hydrogen) atoms. The van der Waals surface area contributed by atoms with E-state index in [4.69, 9.17) is 0 Å². The van der Waals surface area contributed by atoms with Crippen LogP contribution in [0.4, 0.5) is 11.4 Å². The van der Waals surface area contributed by atoms with Crippen LogP contribution >= 0.6 is 0 Å². The molecular formula is C25H32N2O2. The Kier molecular flexibility index (Phi) is 6.41. The summed E-state index contributed by atoms with van der Waals surface area (Å²) in [6.07, 6.45) is 1.73. The van der Waals surface area contributed by atoms with Crippen molar-refractivity contribution in [2.75, 3.05) is 10.2 Å². The smallest absolute Gasteiger partial charge is 0.236 e. The Hall–Kier alpha value is -2.62. The first-order valence-electron chi connectivity index (χ1n) is 10.6. The summed E-state index contributed by atoms with van der Waals surface area (Å²) in [5.74, 6) is 0.179. The van der Waals surface area contributed by atoms with Gasteiger partial charge in [-0.1, -0.05) is 64.1 Å². The van der Waals surface area contributed by atoms with E-state index in [1.54, 1.807) is 4.90 Å². The van der Waals surface area contributed by atoms with Crippen LogP contribution < -0.4 is 10.2 Å². The van der Waals surface area contributed by atoms with Gasteiger partial charge in [-0.05, 0) is 54.4 Å². The summed E-state index contributed by atoms with van der Waals surface area (Å²) in [5.41, 5.74) is 5.19. The van der Waals surface area contributed by atoms with E-state index in [-0.39, 0.29) is 36.1 Å². The fourth-order valence-electron chi connectivity index (χ4n) is 4.17. The highest BCUT2D eigenvalue weighted by molar-refractivity contribution is 6.10. The lowest BCUT2D eigenvalue weighted by atomic mass is 9.92. The molecule has 1 aliphatic rings. The van der Waals surface area contributed by atoms with Crippen LogP contribution in [-0.4, -0.2) is 17.9 Å². The third-order valence-electron chi connectivity index (χ3n) is 5.74. The lowest BCUT2D eigenvalue weighted by Crippen LogP contribution is -2.43. The first-order chi connectivity index (χ1) is 13.8. The summed E-state index contributed by atoms with van der Waals surface area (Å²) in [7, 11) is 0. The zero-order chi connectivity index (χ0) is 21.1. The highest BCUT2D eigenvalue weighted by Crippen LogP contribution is 2.33. The minimum atomic E-state index is -0.250. The van der Waals surface area contributed by atoms with Crippen LogP contribution in [0, 0.1) is 0 Å². The topological polar surface area (TPSA) is 49.4 Å². The number of amides is 2. The van der Waals surface area contributed by atoms with E-state index in [0.29, 0.717) is 0 Å². The molecule has 0 fully saturated rings. The Morgan fingerprint density at radius 1 is 1.00 bits per heavy atom. The monoisotopic (exact) mass is 392 g/mol. The summed E-state index contributed by atoms with van der Waals surface area (Å²) < 4.78 is 0. The van der Waals surface area contributed by atoms with Gasteiger partial charge in [0.2, 0.25) is 11.8 Å². The van der Waals surface area contributed by atoms with Gasteiger partial charge in [-0.25, -0.2) is 0 Å². The van der Waals surface area contributed by atoms with Gasteiger partial charge >= 0.3 is 0 Å². The lowest BCUT2D eigenvalue weighted by Gasteiger charge is -2.35. The zero-order valence-corrected chi connectivity index (χ0v) is 18.2. The van der Waals surface area contributed by atoms with Crippen molar-refractivity contribution in [3.63, 3.8) is 0 Å². The molecule has 2 aromatic carbocycles. The van der Waals surface area contributed by atoms with E-state index in [1.807, 2.05) is 24.3 Å². The number of anilines is 2. The molecule has 0 saturated carbocycles. The molecule has 0 aromatic heterocycles. The van der Waals surface area contributed by atoms with Crippen molar-refractivity contribution in [2.45, 2.75) is 71.8 Å². The van der Waals surface area contributed by atoms with Gasteiger partial charge in [0, 0.05) is 17.4 Å². The third-order valence-corrected chi connectivity index (χ3v) is 5.74. The Bertz CT molecular complexity index is 875. The number of nitrogens with one attached hydrogen (secondary N) is 1. The summed E-state index contributed by atoms with van der Waals surface area (Å²) in [6.45, 7) is 10.5. The molecule has 154 valence electrons. The van der Waals surface area contributed by atoms with Gasteiger partial charge < -0.3 is 10.2 Å². The van der Waals surface area contributed by atoms with E-state index in [9.17, 15) is 9.59 Å². The molecule has 4 nitrogen and oxygen atoms in total. The van der Waals surface area contributed by atoms with Crippen LogP contribution in [-0.2, 0) is 16.0 Å². The minimum absolute atomic E-state index is 0.0966. The standard InChI is InChI=1S/C25H32N2O2/c1-16(2)20-10-8-11-21(17(3)4)25(20)26-23(28)15-24(29)27-18(5)13-14-19-9-6-7-12-22(19)27/h6-12,16-18H,13-15H2,1-5H3,(H,26,28). The molecule has 1 heterocycles. The highest BCUT2D eigenvalue weighted by Gasteiger charge is 2.29. The molecular weight excluding hydrogens is 360 g/mol. The normalized spacial score (nSPS) is 16.1. The fraction of sp³-hybridized carbons (Fsp3) is 0.440. The van der Waals surface area contributed by atoms with E-state index < -0.39 is 0 Å². The van der Waals surface area contributed by atoms with Crippen molar-refractivity contribution in [3.8, 4) is 0 Å². The molecule has 4 heteroatoms. The molecule has 0 saturated heterocycles. The van der Waals surface area contributed by atoms with E-state index in [2.05, 4.69) is 58.1 Å². The lowest BCUT2D eigenvalue weighted by molar-refractivity contribution is -0.125. The average molecular weight is 393 g/mol. The Morgan fingerprint density at radius 2 is 1.62 bits per heavy atom. The van der Waals surface area contributed by atoms with E-state index in [0.717, 1.165) is 35.3 Å². The molecule has 3 rings (SSSR count). The molecule has 0 spiro atoms. The number of fused-ring (bicyclic) bond motifs is 1. The van der Waals surface area contributed by atoms with Crippen molar-refractivity contribution in [2.24, 2.45) is 0 Å². The number of hydrogen-bond acceptors (Lipinski definition) is 2. The van der Waals surface area contributed by atoms with Gasteiger partial charge in [0.1, 0.15) is 6.42 Å².